The largest absolute Gasteiger partial charge is 0.497 e. The minimum absolute atomic E-state index is 0.185. The summed E-state index contributed by atoms with van der Waals surface area (Å²) in [5.41, 5.74) is 1.49. The van der Waals surface area contributed by atoms with Crippen molar-refractivity contribution in [3.8, 4) is 5.75 Å². The molecule has 8 nitrogen and oxygen atoms in total. The molecule has 0 saturated carbocycles. The molecule has 0 bridgehead atoms. The number of hydrogen-bond acceptors (Lipinski definition) is 5. The zero-order chi connectivity index (χ0) is 27.0. The lowest BCUT2D eigenvalue weighted by Gasteiger charge is -2.33. The van der Waals surface area contributed by atoms with Crippen LogP contribution >= 0.6 is 0 Å². The molecule has 3 atom stereocenters. The number of ether oxygens (including phenoxy) is 2. The molecule has 3 unspecified atom stereocenters. The predicted octanol–water partition coefficient (Wildman–Crippen LogP) is 5.08. The van der Waals surface area contributed by atoms with Gasteiger partial charge < -0.3 is 25.0 Å². The van der Waals surface area contributed by atoms with Crippen LogP contribution in [0.25, 0.3) is 0 Å². The SMILES string of the molecule is CCC(C)C(NC(=O)OC(C)(C)C)C(=O)N(C)C(C(=O)Nc1ccc(OC)cc1)c1cccc(C)c1. The molecule has 0 aliphatic carbocycles. The Bertz CT molecular complexity index is 1050. The molecule has 196 valence electrons. The molecule has 0 aliphatic rings. The molecule has 0 aliphatic heterocycles. The van der Waals surface area contributed by atoms with Crippen molar-refractivity contribution in [3.05, 3.63) is 59.7 Å². The van der Waals surface area contributed by atoms with E-state index in [1.165, 1.54) is 4.90 Å². The van der Waals surface area contributed by atoms with Gasteiger partial charge in [0, 0.05) is 12.7 Å². The maximum Gasteiger partial charge on any atom is 0.408 e. The molecular formula is C28H39N3O5. The molecule has 3 amide bonds. The van der Waals surface area contributed by atoms with E-state index < -0.39 is 23.8 Å². The lowest BCUT2D eigenvalue weighted by Crippen LogP contribution is -2.53. The quantitative estimate of drug-likeness (QED) is 0.504. The fourth-order valence-electron chi connectivity index (χ4n) is 3.74. The van der Waals surface area contributed by atoms with Gasteiger partial charge in [-0.2, -0.15) is 0 Å². The fourth-order valence-corrected chi connectivity index (χ4v) is 3.74. The molecule has 8 heteroatoms. The third-order valence-corrected chi connectivity index (χ3v) is 5.85. The van der Waals surface area contributed by atoms with Gasteiger partial charge in [0.2, 0.25) is 5.91 Å². The van der Waals surface area contributed by atoms with Crippen LogP contribution < -0.4 is 15.4 Å². The van der Waals surface area contributed by atoms with Crippen LogP contribution in [0.2, 0.25) is 0 Å². The molecule has 0 saturated heterocycles. The van der Waals surface area contributed by atoms with Crippen molar-refractivity contribution < 1.29 is 23.9 Å². The van der Waals surface area contributed by atoms with Gasteiger partial charge in [-0.05, 0) is 63.4 Å². The second-order valence-electron chi connectivity index (χ2n) is 9.99. The normalized spacial score (nSPS) is 13.7. The zero-order valence-corrected chi connectivity index (χ0v) is 22.5. The average molecular weight is 498 g/mol. The summed E-state index contributed by atoms with van der Waals surface area (Å²) in [7, 11) is 3.15. The van der Waals surface area contributed by atoms with E-state index in [9.17, 15) is 14.4 Å². The maximum atomic E-state index is 13.7. The van der Waals surface area contributed by atoms with Crippen molar-refractivity contribution in [3.63, 3.8) is 0 Å². The van der Waals surface area contributed by atoms with E-state index in [1.54, 1.807) is 59.2 Å². The lowest BCUT2D eigenvalue weighted by molar-refractivity contribution is -0.140. The van der Waals surface area contributed by atoms with Crippen LogP contribution in [0.3, 0.4) is 0 Å². The van der Waals surface area contributed by atoms with E-state index in [1.807, 2.05) is 45.0 Å². The first kappa shape index (κ1) is 28.7. The van der Waals surface area contributed by atoms with Crippen molar-refractivity contribution in [2.45, 2.75) is 65.6 Å². The Hall–Kier alpha value is -3.55. The Morgan fingerprint density at radius 3 is 2.22 bits per heavy atom. The van der Waals surface area contributed by atoms with E-state index in [4.69, 9.17) is 9.47 Å². The van der Waals surface area contributed by atoms with Crippen molar-refractivity contribution >= 4 is 23.6 Å². The van der Waals surface area contributed by atoms with E-state index in [-0.39, 0.29) is 17.7 Å². The Balaban J connectivity index is 2.38. The van der Waals surface area contributed by atoms with Crippen LogP contribution in [-0.2, 0) is 14.3 Å². The Morgan fingerprint density at radius 2 is 1.69 bits per heavy atom. The highest BCUT2D eigenvalue weighted by atomic mass is 16.6. The van der Waals surface area contributed by atoms with E-state index >= 15 is 0 Å². The number of alkyl carbamates (subject to hydrolysis) is 1. The van der Waals surface area contributed by atoms with Crippen molar-refractivity contribution in [2.75, 3.05) is 19.5 Å². The van der Waals surface area contributed by atoms with Gasteiger partial charge in [-0.25, -0.2) is 4.79 Å². The third kappa shape index (κ3) is 8.00. The monoisotopic (exact) mass is 497 g/mol. The van der Waals surface area contributed by atoms with E-state index in [0.717, 1.165) is 5.56 Å². The number of amides is 3. The molecule has 2 rings (SSSR count). The zero-order valence-electron chi connectivity index (χ0n) is 22.5. The number of carbonyl (C=O) groups excluding carboxylic acids is 3. The Morgan fingerprint density at radius 1 is 1.06 bits per heavy atom. The third-order valence-electron chi connectivity index (χ3n) is 5.85. The number of aryl methyl sites for hydroxylation is 1. The van der Waals surface area contributed by atoms with Gasteiger partial charge in [-0.1, -0.05) is 50.1 Å². The number of hydrogen-bond donors (Lipinski definition) is 2. The topological polar surface area (TPSA) is 97.0 Å². The summed E-state index contributed by atoms with van der Waals surface area (Å²) in [4.78, 5) is 41.2. The van der Waals surface area contributed by atoms with Gasteiger partial charge in [-0.3, -0.25) is 9.59 Å². The van der Waals surface area contributed by atoms with Crippen molar-refractivity contribution in [1.29, 1.82) is 0 Å². The van der Waals surface area contributed by atoms with Crippen LogP contribution in [0.15, 0.2) is 48.5 Å². The molecule has 36 heavy (non-hydrogen) atoms. The Labute approximate surface area is 214 Å². The number of nitrogens with zero attached hydrogens (tertiary/aromatic N) is 1. The van der Waals surface area contributed by atoms with Gasteiger partial charge in [0.05, 0.1) is 7.11 Å². The smallest absolute Gasteiger partial charge is 0.408 e. The number of likely N-dealkylation sites (N-methyl/N-ethyl adjacent to an activating group) is 1. The summed E-state index contributed by atoms with van der Waals surface area (Å²) >= 11 is 0. The minimum Gasteiger partial charge on any atom is -0.497 e. The first-order valence-corrected chi connectivity index (χ1v) is 12.1. The van der Waals surface area contributed by atoms with Crippen molar-refractivity contribution in [1.82, 2.24) is 10.2 Å². The van der Waals surface area contributed by atoms with Gasteiger partial charge >= 0.3 is 6.09 Å². The second-order valence-corrected chi connectivity index (χ2v) is 9.99. The highest BCUT2D eigenvalue weighted by Crippen LogP contribution is 2.26. The number of nitrogens with one attached hydrogen (secondary N) is 2. The van der Waals surface area contributed by atoms with Crippen LogP contribution in [0, 0.1) is 12.8 Å². The molecule has 0 aromatic heterocycles. The minimum atomic E-state index is -0.925. The van der Waals surface area contributed by atoms with Crippen LogP contribution in [0.4, 0.5) is 10.5 Å². The van der Waals surface area contributed by atoms with Gasteiger partial charge in [-0.15, -0.1) is 0 Å². The van der Waals surface area contributed by atoms with E-state index in [2.05, 4.69) is 10.6 Å². The molecule has 2 aromatic carbocycles. The predicted molar refractivity (Wildman–Crippen MR) is 141 cm³/mol. The van der Waals surface area contributed by atoms with E-state index in [0.29, 0.717) is 23.4 Å². The van der Waals surface area contributed by atoms with Crippen molar-refractivity contribution in [2.24, 2.45) is 5.92 Å². The highest BCUT2D eigenvalue weighted by Gasteiger charge is 2.36. The molecule has 0 heterocycles. The van der Waals surface area contributed by atoms with Gasteiger partial charge in [0.25, 0.3) is 5.91 Å². The molecular weight excluding hydrogens is 458 g/mol. The number of methoxy groups -OCH3 is 1. The summed E-state index contributed by atoms with van der Waals surface area (Å²) in [5.74, 6) is -0.274. The van der Waals surface area contributed by atoms with Crippen LogP contribution in [0.1, 0.15) is 58.2 Å². The summed E-state index contributed by atoms with van der Waals surface area (Å²) in [5, 5.41) is 5.63. The molecule has 0 radical (unpaired) electrons. The summed E-state index contributed by atoms with van der Waals surface area (Å²) < 4.78 is 10.6. The first-order valence-electron chi connectivity index (χ1n) is 12.1. The standard InChI is InChI=1S/C28H39N3O5/c1-9-19(3)23(30-27(34)36-28(4,5)6)26(33)31(7)24(20-12-10-11-18(2)17-20)25(32)29-21-13-15-22(35-8)16-14-21/h10-17,19,23-24H,9H2,1-8H3,(H,29,32)(H,30,34). The molecule has 0 fully saturated rings. The molecule has 2 N–H and O–H groups in total. The molecule has 2 aromatic rings. The maximum absolute atomic E-state index is 13.7. The highest BCUT2D eigenvalue weighted by molar-refractivity contribution is 5.99. The number of benzene rings is 2. The summed E-state index contributed by atoms with van der Waals surface area (Å²) in [6, 6.07) is 12.6. The number of carbonyl (C=O) groups is 3. The summed E-state index contributed by atoms with van der Waals surface area (Å²) in [6.07, 6.45) is -0.0305. The number of rotatable bonds is 9. The fraction of sp³-hybridized carbons (Fsp3) is 0.464. The second kappa shape index (κ2) is 12.4. The van der Waals surface area contributed by atoms with Gasteiger partial charge in [0.15, 0.2) is 0 Å². The number of anilines is 1. The Kier molecular flexibility index (Phi) is 9.90. The van der Waals surface area contributed by atoms with Crippen LogP contribution in [-0.4, -0.2) is 48.6 Å². The average Bonchev–Trinajstić information content (AvgIpc) is 2.81. The van der Waals surface area contributed by atoms with Gasteiger partial charge in [0.1, 0.15) is 23.4 Å². The first-order chi connectivity index (χ1) is 16.9. The summed E-state index contributed by atoms with van der Waals surface area (Å²) in [6.45, 7) is 11.0. The lowest BCUT2D eigenvalue weighted by atomic mass is 9.96. The molecule has 0 spiro atoms. The van der Waals surface area contributed by atoms with Crippen LogP contribution in [0.5, 0.6) is 5.75 Å².